The van der Waals surface area contributed by atoms with Crippen LogP contribution in [0.2, 0.25) is 0 Å². The fourth-order valence-electron chi connectivity index (χ4n) is 2.05. The number of nitrogens with one attached hydrogen (secondary N) is 1. The van der Waals surface area contributed by atoms with E-state index >= 15 is 0 Å². The Kier molecular flexibility index (Phi) is 5.01. The average molecular weight is 318 g/mol. The minimum atomic E-state index is -3.70. The molecule has 0 aliphatic carbocycles. The molecule has 0 spiro atoms. The summed E-state index contributed by atoms with van der Waals surface area (Å²) in [5.41, 5.74) is 0.819. The van der Waals surface area contributed by atoms with Gasteiger partial charge in [-0.2, -0.15) is 0 Å². The van der Waals surface area contributed by atoms with Crippen molar-refractivity contribution in [3.8, 4) is 0 Å². The number of amides is 1. The van der Waals surface area contributed by atoms with Crippen LogP contribution in [0.1, 0.15) is 18.4 Å². The molecule has 1 unspecified atom stereocenters. The zero-order valence-corrected chi connectivity index (χ0v) is 12.4. The molecule has 1 amide bonds. The molecule has 0 bridgehead atoms. The van der Waals surface area contributed by atoms with Gasteiger partial charge >= 0.3 is 0 Å². The van der Waals surface area contributed by atoms with E-state index in [9.17, 15) is 13.2 Å². The Morgan fingerprint density at radius 1 is 1.35 bits per heavy atom. The molecular weight excluding hydrogens is 302 g/mol. The highest BCUT2D eigenvalue weighted by atomic mass is 35.7. The molecule has 0 saturated carbocycles. The van der Waals surface area contributed by atoms with Crippen molar-refractivity contribution in [3.63, 3.8) is 0 Å². The number of hydrogen-bond donors (Lipinski definition) is 1. The van der Waals surface area contributed by atoms with Gasteiger partial charge in [-0.15, -0.1) is 0 Å². The number of carbonyl (C=O) groups excluding carboxylic acids is 1. The van der Waals surface area contributed by atoms with E-state index in [0.29, 0.717) is 13.2 Å². The summed E-state index contributed by atoms with van der Waals surface area (Å²) in [5.74, 6) is -0.120. The van der Waals surface area contributed by atoms with Gasteiger partial charge in [0.25, 0.3) is 9.05 Å². The standard InChI is InChI=1S/C13H16ClNO4S/c14-20(17,18)12-5-3-10(4-6-12)8-15-13(16)11-2-1-7-19-9-11/h3-6,11H,1-2,7-9H2,(H,15,16). The lowest BCUT2D eigenvalue weighted by Crippen LogP contribution is -2.35. The molecule has 1 heterocycles. The highest BCUT2D eigenvalue weighted by molar-refractivity contribution is 8.13. The van der Waals surface area contributed by atoms with Crippen molar-refractivity contribution in [2.75, 3.05) is 13.2 Å². The van der Waals surface area contributed by atoms with Gasteiger partial charge in [0, 0.05) is 23.8 Å². The normalized spacial score (nSPS) is 19.6. The summed E-state index contributed by atoms with van der Waals surface area (Å²) in [6.07, 6.45) is 1.75. The van der Waals surface area contributed by atoms with E-state index in [1.807, 2.05) is 0 Å². The Labute approximate surface area is 122 Å². The van der Waals surface area contributed by atoms with E-state index in [1.54, 1.807) is 12.1 Å². The molecular formula is C13H16ClNO4S. The van der Waals surface area contributed by atoms with E-state index in [-0.39, 0.29) is 16.7 Å². The van der Waals surface area contributed by atoms with Gasteiger partial charge in [-0.1, -0.05) is 12.1 Å². The molecule has 5 nitrogen and oxygen atoms in total. The maximum atomic E-state index is 11.9. The highest BCUT2D eigenvalue weighted by Gasteiger charge is 2.21. The van der Waals surface area contributed by atoms with Gasteiger partial charge in [-0.25, -0.2) is 8.42 Å². The van der Waals surface area contributed by atoms with Crippen LogP contribution in [0.5, 0.6) is 0 Å². The first-order valence-electron chi connectivity index (χ1n) is 6.36. The van der Waals surface area contributed by atoms with E-state index in [0.717, 1.165) is 25.0 Å². The Balaban J connectivity index is 1.89. The fourth-order valence-corrected chi connectivity index (χ4v) is 2.82. The monoisotopic (exact) mass is 317 g/mol. The van der Waals surface area contributed by atoms with Gasteiger partial charge in [-0.3, -0.25) is 4.79 Å². The van der Waals surface area contributed by atoms with Crippen molar-refractivity contribution in [3.05, 3.63) is 29.8 Å². The molecule has 1 aliphatic heterocycles. The first-order chi connectivity index (χ1) is 9.47. The molecule has 20 heavy (non-hydrogen) atoms. The highest BCUT2D eigenvalue weighted by Crippen LogP contribution is 2.16. The number of carbonyl (C=O) groups is 1. The van der Waals surface area contributed by atoms with Gasteiger partial charge < -0.3 is 10.1 Å². The lowest BCUT2D eigenvalue weighted by molar-refractivity contribution is -0.129. The Morgan fingerprint density at radius 2 is 2.05 bits per heavy atom. The topological polar surface area (TPSA) is 72.5 Å². The van der Waals surface area contributed by atoms with Crippen LogP contribution in [0.4, 0.5) is 0 Å². The third-order valence-corrected chi connectivity index (χ3v) is 4.57. The molecule has 2 rings (SSSR count). The van der Waals surface area contributed by atoms with Crippen LogP contribution in [0.15, 0.2) is 29.2 Å². The Morgan fingerprint density at radius 3 is 2.60 bits per heavy atom. The Hall–Kier alpha value is -1.11. The minimum absolute atomic E-state index is 0.0289. The van der Waals surface area contributed by atoms with Gasteiger partial charge in [0.15, 0.2) is 0 Å². The van der Waals surface area contributed by atoms with Gasteiger partial charge in [0.1, 0.15) is 0 Å². The van der Waals surface area contributed by atoms with Crippen LogP contribution in [0.25, 0.3) is 0 Å². The summed E-state index contributed by atoms with van der Waals surface area (Å²) in [6.45, 7) is 1.55. The fraction of sp³-hybridized carbons (Fsp3) is 0.462. The van der Waals surface area contributed by atoms with E-state index in [4.69, 9.17) is 15.4 Å². The summed E-state index contributed by atoms with van der Waals surface area (Å²) in [5, 5.41) is 2.83. The summed E-state index contributed by atoms with van der Waals surface area (Å²) in [7, 11) is 1.53. The molecule has 1 saturated heterocycles. The second-order valence-electron chi connectivity index (χ2n) is 4.71. The van der Waals surface area contributed by atoms with Gasteiger partial charge in [0.2, 0.25) is 5.91 Å². The van der Waals surface area contributed by atoms with Crippen molar-refractivity contribution < 1.29 is 17.9 Å². The largest absolute Gasteiger partial charge is 0.381 e. The molecule has 1 N–H and O–H groups in total. The van der Waals surface area contributed by atoms with Crippen molar-refractivity contribution in [1.29, 1.82) is 0 Å². The third-order valence-electron chi connectivity index (χ3n) is 3.20. The number of halogens is 1. The number of ether oxygens (including phenoxy) is 1. The van der Waals surface area contributed by atoms with E-state index in [1.165, 1.54) is 12.1 Å². The summed E-state index contributed by atoms with van der Waals surface area (Å²) < 4.78 is 27.5. The molecule has 110 valence electrons. The van der Waals surface area contributed by atoms with E-state index in [2.05, 4.69) is 5.32 Å². The first-order valence-corrected chi connectivity index (χ1v) is 8.67. The van der Waals surface area contributed by atoms with Gasteiger partial charge in [0.05, 0.1) is 17.4 Å². The molecule has 0 aromatic heterocycles. The van der Waals surface area contributed by atoms with Crippen molar-refractivity contribution >= 4 is 25.6 Å². The summed E-state index contributed by atoms with van der Waals surface area (Å²) in [4.78, 5) is 11.9. The molecule has 1 aromatic carbocycles. The second kappa shape index (κ2) is 6.56. The molecule has 0 radical (unpaired) electrons. The molecule has 1 aromatic rings. The summed E-state index contributed by atoms with van der Waals surface area (Å²) in [6, 6.07) is 6.11. The molecule has 1 atom stereocenters. The van der Waals surface area contributed by atoms with Crippen LogP contribution >= 0.6 is 10.7 Å². The van der Waals surface area contributed by atoms with Crippen molar-refractivity contribution in [2.24, 2.45) is 5.92 Å². The van der Waals surface area contributed by atoms with Crippen LogP contribution in [0.3, 0.4) is 0 Å². The minimum Gasteiger partial charge on any atom is -0.381 e. The quantitative estimate of drug-likeness (QED) is 0.857. The third kappa shape index (κ3) is 4.19. The lowest BCUT2D eigenvalue weighted by Gasteiger charge is -2.21. The van der Waals surface area contributed by atoms with Crippen molar-refractivity contribution in [1.82, 2.24) is 5.32 Å². The van der Waals surface area contributed by atoms with Crippen LogP contribution in [0, 0.1) is 5.92 Å². The Bertz CT molecular complexity index is 565. The maximum absolute atomic E-state index is 11.9. The number of hydrogen-bond acceptors (Lipinski definition) is 4. The van der Waals surface area contributed by atoms with Gasteiger partial charge in [-0.05, 0) is 30.5 Å². The predicted octanol–water partition coefficient (Wildman–Crippen LogP) is 1.66. The molecule has 1 fully saturated rings. The lowest BCUT2D eigenvalue weighted by atomic mass is 10.0. The maximum Gasteiger partial charge on any atom is 0.261 e. The smallest absolute Gasteiger partial charge is 0.261 e. The van der Waals surface area contributed by atoms with Crippen molar-refractivity contribution in [2.45, 2.75) is 24.3 Å². The van der Waals surface area contributed by atoms with Crippen LogP contribution in [-0.2, 0) is 25.1 Å². The zero-order chi connectivity index (χ0) is 14.6. The molecule has 1 aliphatic rings. The first kappa shape index (κ1) is 15.3. The average Bonchev–Trinajstić information content (AvgIpc) is 2.45. The summed E-state index contributed by atoms with van der Waals surface area (Å²) >= 11 is 0. The molecule has 7 heteroatoms. The zero-order valence-electron chi connectivity index (χ0n) is 10.8. The predicted molar refractivity (Wildman–Crippen MR) is 74.9 cm³/mol. The van der Waals surface area contributed by atoms with Crippen LogP contribution in [-0.4, -0.2) is 27.5 Å². The number of benzene rings is 1. The van der Waals surface area contributed by atoms with Crippen LogP contribution < -0.4 is 5.32 Å². The second-order valence-corrected chi connectivity index (χ2v) is 7.28. The number of rotatable bonds is 4. The van der Waals surface area contributed by atoms with E-state index < -0.39 is 9.05 Å². The SMILES string of the molecule is O=C(NCc1ccc(S(=O)(=O)Cl)cc1)C1CCCOC1.